The smallest absolute Gasteiger partial charge is 0.120 e. The molecule has 0 radical (unpaired) electrons. The highest BCUT2D eigenvalue weighted by atomic mass is 16.3. The van der Waals surface area contributed by atoms with Crippen molar-refractivity contribution < 1.29 is 10.2 Å². The van der Waals surface area contributed by atoms with E-state index in [9.17, 15) is 10.2 Å². The van der Waals surface area contributed by atoms with Gasteiger partial charge in [-0.3, -0.25) is 0 Å². The molecule has 84 valence electrons. The third kappa shape index (κ3) is 2.49. The fourth-order valence-electron chi connectivity index (χ4n) is 1.44. The molecule has 1 rings (SSSR count). The Hall–Kier alpha value is -1.06. The average Bonchev–Trinajstić information content (AvgIpc) is 2.20. The molecule has 0 aromatic heterocycles. The number of rotatable bonds is 3. The summed E-state index contributed by atoms with van der Waals surface area (Å²) in [7, 11) is 0. The maximum Gasteiger partial charge on any atom is 0.120 e. The summed E-state index contributed by atoms with van der Waals surface area (Å²) in [6.45, 7) is 5.68. The predicted molar refractivity (Wildman–Crippen MR) is 60.6 cm³/mol. The predicted octanol–water partition coefficient (Wildman–Crippen LogP) is 1.72. The van der Waals surface area contributed by atoms with Crippen molar-refractivity contribution in [2.75, 3.05) is 6.61 Å². The third-order valence-electron chi connectivity index (χ3n) is 2.77. The number of aliphatic hydroxyl groups is 1. The monoisotopic (exact) mass is 209 g/mol. The second-order valence-corrected chi connectivity index (χ2v) is 4.69. The van der Waals surface area contributed by atoms with Crippen LogP contribution in [0.5, 0.6) is 5.75 Å². The van der Waals surface area contributed by atoms with E-state index >= 15 is 0 Å². The van der Waals surface area contributed by atoms with Crippen LogP contribution in [-0.2, 0) is 0 Å². The lowest BCUT2D eigenvalue weighted by Crippen LogP contribution is -2.32. The van der Waals surface area contributed by atoms with Gasteiger partial charge in [0.1, 0.15) is 5.75 Å². The zero-order chi connectivity index (χ0) is 11.6. The van der Waals surface area contributed by atoms with Gasteiger partial charge in [0.05, 0.1) is 0 Å². The van der Waals surface area contributed by atoms with Crippen LogP contribution in [0.2, 0.25) is 0 Å². The molecule has 0 unspecified atom stereocenters. The van der Waals surface area contributed by atoms with Crippen molar-refractivity contribution in [2.24, 2.45) is 11.1 Å². The highest BCUT2D eigenvalue weighted by Gasteiger charge is 2.28. The molecule has 1 aromatic carbocycles. The molecular weight excluding hydrogens is 190 g/mol. The number of hydrogen-bond acceptors (Lipinski definition) is 3. The van der Waals surface area contributed by atoms with Gasteiger partial charge in [-0.25, -0.2) is 0 Å². The van der Waals surface area contributed by atoms with Crippen molar-refractivity contribution in [1.29, 1.82) is 0 Å². The average molecular weight is 209 g/mol. The van der Waals surface area contributed by atoms with Crippen LogP contribution in [0.4, 0.5) is 0 Å². The third-order valence-corrected chi connectivity index (χ3v) is 2.77. The SMILES string of the molecule is Cc1ccc(O)c([C@H](N)C(C)(C)CO)c1. The summed E-state index contributed by atoms with van der Waals surface area (Å²) in [5.41, 5.74) is 7.33. The van der Waals surface area contributed by atoms with Gasteiger partial charge in [-0.05, 0) is 13.0 Å². The van der Waals surface area contributed by atoms with Crippen molar-refractivity contribution in [2.45, 2.75) is 26.8 Å². The molecule has 0 fully saturated rings. The molecule has 0 aliphatic rings. The van der Waals surface area contributed by atoms with Crippen LogP contribution in [0.3, 0.4) is 0 Å². The van der Waals surface area contributed by atoms with Gasteiger partial charge in [-0.2, -0.15) is 0 Å². The molecule has 4 N–H and O–H groups in total. The van der Waals surface area contributed by atoms with E-state index in [4.69, 9.17) is 5.73 Å². The molecule has 3 heteroatoms. The lowest BCUT2D eigenvalue weighted by atomic mass is 9.81. The quantitative estimate of drug-likeness (QED) is 0.710. The molecule has 0 bridgehead atoms. The zero-order valence-electron chi connectivity index (χ0n) is 9.49. The molecule has 0 heterocycles. The first kappa shape index (κ1) is 12.0. The van der Waals surface area contributed by atoms with Gasteiger partial charge < -0.3 is 15.9 Å². The van der Waals surface area contributed by atoms with Crippen molar-refractivity contribution in [1.82, 2.24) is 0 Å². The molecule has 0 saturated heterocycles. The van der Waals surface area contributed by atoms with Gasteiger partial charge in [0, 0.05) is 23.6 Å². The summed E-state index contributed by atoms with van der Waals surface area (Å²) in [5, 5.41) is 18.9. The Balaban J connectivity index is 3.10. The summed E-state index contributed by atoms with van der Waals surface area (Å²) < 4.78 is 0. The number of aromatic hydroxyl groups is 1. The molecule has 0 aliphatic carbocycles. The fraction of sp³-hybridized carbons (Fsp3) is 0.500. The summed E-state index contributed by atoms with van der Waals surface area (Å²) in [5.74, 6) is 0.189. The second kappa shape index (κ2) is 4.21. The van der Waals surface area contributed by atoms with Crippen molar-refractivity contribution in [3.05, 3.63) is 29.3 Å². The highest BCUT2D eigenvalue weighted by Crippen LogP contribution is 2.35. The number of phenols is 1. The normalized spacial score (nSPS) is 13.9. The summed E-state index contributed by atoms with van der Waals surface area (Å²) in [6, 6.07) is 4.95. The number of benzene rings is 1. The molecule has 1 atom stereocenters. The standard InChI is InChI=1S/C12H19NO2/c1-8-4-5-10(15)9(6-8)11(13)12(2,3)7-14/h4-6,11,14-15H,7,13H2,1-3H3/t11-/m0/s1. The van der Waals surface area contributed by atoms with Crippen LogP contribution in [0, 0.1) is 12.3 Å². The van der Waals surface area contributed by atoms with E-state index in [-0.39, 0.29) is 18.4 Å². The largest absolute Gasteiger partial charge is 0.508 e. The fourth-order valence-corrected chi connectivity index (χ4v) is 1.44. The minimum absolute atomic E-state index is 0.0124. The van der Waals surface area contributed by atoms with Gasteiger partial charge in [-0.1, -0.05) is 31.5 Å². The maximum absolute atomic E-state index is 9.70. The number of phenolic OH excluding ortho intramolecular Hbond substituents is 1. The first-order valence-electron chi connectivity index (χ1n) is 5.04. The summed E-state index contributed by atoms with van der Waals surface area (Å²) >= 11 is 0. The number of aryl methyl sites for hydroxylation is 1. The topological polar surface area (TPSA) is 66.5 Å². The van der Waals surface area contributed by atoms with E-state index in [2.05, 4.69) is 0 Å². The second-order valence-electron chi connectivity index (χ2n) is 4.69. The van der Waals surface area contributed by atoms with E-state index in [1.54, 1.807) is 6.07 Å². The van der Waals surface area contributed by atoms with E-state index in [0.717, 1.165) is 5.56 Å². The van der Waals surface area contributed by atoms with E-state index in [1.807, 2.05) is 32.9 Å². The zero-order valence-corrected chi connectivity index (χ0v) is 9.49. The van der Waals surface area contributed by atoms with Crippen LogP contribution < -0.4 is 5.73 Å². The molecule has 15 heavy (non-hydrogen) atoms. The Morgan fingerprint density at radius 1 is 1.40 bits per heavy atom. The van der Waals surface area contributed by atoms with Crippen molar-refractivity contribution in [3.63, 3.8) is 0 Å². The number of nitrogens with two attached hydrogens (primary N) is 1. The van der Waals surface area contributed by atoms with Crippen LogP contribution in [0.1, 0.15) is 31.0 Å². The first-order chi connectivity index (χ1) is 6.88. The Labute approximate surface area is 90.5 Å². The molecule has 0 saturated carbocycles. The van der Waals surface area contributed by atoms with Gasteiger partial charge in [0.2, 0.25) is 0 Å². The Bertz CT molecular complexity index is 347. The van der Waals surface area contributed by atoms with Gasteiger partial charge >= 0.3 is 0 Å². The molecule has 1 aromatic rings. The van der Waals surface area contributed by atoms with Gasteiger partial charge in [-0.15, -0.1) is 0 Å². The molecule has 0 amide bonds. The van der Waals surface area contributed by atoms with Crippen LogP contribution in [-0.4, -0.2) is 16.8 Å². The maximum atomic E-state index is 9.70. The Morgan fingerprint density at radius 2 is 2.00 bits per heavy atom. The Morgan fingerprint density at radius 3 is 2.53 bits per heavy atom. The lowest BCUT2D eigenvalue weighted by Gasteiger charge is -2.30. The number of hydrogen-bond donors (Lipinski definition) is 3. The minimum Gasteiger partial charge on any atom is -0.508 e. The van der Waals surface area contributed by atoms with Gasteiger partial charge in [0.25, 0.3) is 0 Å². The van der Waals surface area contributed by atoms with E-state index in [1.165, 1.54) is 0 Å². The molecule has 0 spiro atoms. The van der Waals surface area contributed by atoms with E-state index < -0.39 is 5.41 Å². The van der Waals surface area contributed by atoms with Crippen molar-refractivity contribution >= 4 is 0 Å². The number of aliphatic hydroxyl groups excluding tert-OH is 1. The minimum atomic E-state index is -0.439. The van der Waals surface area contributed by atoms with Crippen LogP contribution >= 0.6 is 0 Å². The summed E-state index contributed by atoms with van der Waals surface area (Å²) in [4.78, 5) is 0. The van der Waals surface area contributed by atoms with Crippen LogP contribution in [0.15, 0.2) is 18.2 Å². The Kier molecular flexibility index (Phi) is 3.37. The molecule has 0 aliphatic heterocycles. The van der Waals surface area contributed by atoms with E-state index in [0.29, 0.717) is 5.56 Å². The molecule has 3 nitrogen and oxygen atoms in total. The van der Waals surface area contributed by atoms with Crippen LogP contribution in [0.25, 0.3) is 0 Å². The molecular formula is C12H19NO2. The van der Waals surface area contributed by atoms with Crippen molar-refractivity contribution in [3.8, 4) is 5.75 Å². The van der Waals surface area contributed by atoms with Gasteiger partial charge in [0.15, 0.2) is 0 Å². The first-order valence-corrected chi connectivity index (χ1v) is 5.04. The summed E-state index contributed by atoms with van der Waals surface area (Å²) in [6.07, 6.45) is 0. The lowest BCUT2D eigenvalue weighted by molar-refractivity contribution is 0.131. The highest BCUT2D eigenvalue weighted by molar-refractivity contribution is 5.38.